The van der Waals surface area contributed by atoms with E-state index in [4.69, 9.17) is 4.74 Å². The van der Waals surface area contributed by atoms with E-state index < -0.39 is 21.7 Å². The van der Waals surface area contributed by atoms with Gasteiger partial charge in [0.15, 0.2) is 0 Å². The molecular formula is C23H30N2O4S. The summed E-state index contributed by atoms with van der Waals surface area (Å²) in [5.74, 6) is 0.393. The van der Waals surface area contributed by atoms with Gasteiger partial charge in [-0.2, -0.15) is 0 Å². The normalized spacial score (nSPS) is 18.7. The predicted molar refractivity (Wildman–Crippen MR) is 119 cm³/mol. The Hall–Kier alpha value is -2.54. The van der Waals surface area contributed by atoms with E-state index in [0.717, 1.165) is 28.7 Å². The molecule has 1 aliphatic heterocycles. The van der Waals surface area contributed by atoms with Crippen molar-refractivity contribution in [3.05, 3.63) is 59.2 Å². The Morgan fingerprint density at radius 3 is 2.33 bits per heavy atom. The largest absolute Gasteiger partial charge is 0.487 e. The number of rotatable bonds is 5. The molecule has 2 aromatic carbocycles. The summed E-state index contributed by atoms with van der Waals surface area (Å²) < 4.78 is 32.3. The van der Waals surface area contributed by atoms with Crippen molar-refractivity contribution in [2.75, 3.05) is 10.6 Å². The number of amides is 1. The molecule has 1 aliphatic rings. The summed E-state index contributed by atoms with van der Waals surface area (Å²) in [6, 6.07) is 11.8. The first-order chi connectivity index (χ1) is 13.9. The van der Waals surface area contributed by atoms with Crippen molar-refractivity contribution in [1.82, 2.24) is 5.32 Å². The molecule has 1 N–H and O–H groups in total. The molecule has 0 aromatic heterocycles. The van der Waals surface area contributed by atoms with E-state index in [1.807, 2.05) is 58.0 Å². The summed E-state index contributed by atoms with van der Waals surface area (Å²) in [6.07, 6.45) is 1.71. The van der Waals surface area contributed by atoms with Gasteiger partial charge in [0.05, 0.1) is 18.0 Å². The van der Waals surface area contributed by atoms with E-state index in [1.54, 1.807) is 19.1 Å². The molecule has 0 saturated heterocycles. The lowest BCUT2D eigenvalue weighted by Gasteiger charge is -2.39. The molecule has 7 heteroatoms. The molecule has 6 nitrogen and oxygen atoms in total. The number of nitrogens with zero attached hydrogens (tertiary/aromatic N) is 1. The van der Waals surface area contributed by atoms with Crippen LogP contribution in [0.1, 0.15) is 49.9 Å². The van der Waals surface area contributed by atoms with Gasteiger partial charge < -0.3 is 10.1 Å². The lowest BCUT2D eigenvalue weighted by molar-refractivity contribution is -0.123. The molecule has 0 fully saturated rings. The van der Waals surface area contributed by atoms with Crippen molar-refractivity contribution < 1.29 is 17.9 Å². The first kappa shape index (κ1) is 22.2. The van der Waals surface area contributed by atoms with E-state index >= 15 is 0 Å². The van der Waals surface area contributed by atoms with Crippen molar-refractivity contribution >= 4 is 21.6 Å². The minimum Gasteiger partial charge on any atom is -0.487 e. The van der Waals surface area contributed by atoms with Crippen molar-refractivity contribution in [1.29, 1.82) is 0 Å². The third-order valence-electron chi connectivity index (χ3n) is 5.32. The fourth-order valence-electron chi connectivity index (χ4n) is 3.90. The molecule has 2 aromatic rings. The number of hydrogen-bond acceptors (Lipinski definition) is 4. The van der Waals surface area contributed by atoms with Gasteiger partial charge in [-0.25, -0.2) is 8.42 Å². The van der Waals surface area contributed by atoms with Crippen LogP contribution in [0.3, 0.4) is 0 Å². The van der Waals surface area contributed by atoms with E-state index in [1.165, 1.54) is 4.31 Å². The van der Waals surface area contributed by atoms with Gasteiger partial charge in [0.25, 0.3) is 0 Å². The van der Waals surface area contributed by atoms with Gasteiger partial charge in [0, 0.05) is 12.0 Å². The number of sulfonamides is 1. The topological polar surface area (TPSA) is 75.7 Å². The number of aryl methyl sites for hydroxylation is 2. The fourth-order valence-corrected chi connectivity index (χ4v) is 5.07. The van der Waals surface area contributed by atoms with Crippen molar-refractivity contribution in [3.63, 3.8) is 0 Å². The fraction of sp³-hybridized carbons (Fsp3) is 0.435. The van der Waals surface area contributed by atoms with Gasteiger partial charge in [0.2, 0.25) is 15.9 Å². The summed E-state index contributed by atoms with van der Waals surface area (Å²) in [4.78, 5) is 13.2. The highest BCUT2D eigenvalue weighted by atomic mass is 32.2. The Morgan fingerprint density at radius 1 is 1.13 bits per heavy atom. The van der Waals surface area contributed by atoms with Crippen molar-refractivity contribution in [3.8, 4) is 5.75 Å². The summed E-state index contributed by atoms with van der Waals surface area (Å²) in [7, 11) is -3.66. The maximum absolute atomic E-state index is 13.2. The number of hydrogen-bond donors (Lipinski definition) is 1. The third-order valence-corrected chi connectivity index (χ3v) is 6.56. The van der Waals surface area contributed by atoms with Crippen LogP contribution in [-0.4, -0.2) is 32.2 Å². The van der Waals surface area contributed by atoms with Crippen molar-refractivity contribution in [2.24, 2.45) is 0 Å². The molecule has 0 spiro atoms. The summed E-state index contributed by atoms with van der Waals surface area (Å²) in [5, 5.41) is 3.07. The number of nitrogens with one attached hydrogen (secondary N) is 1. The maximum Gasteiger partial charge on any atom is 0.244 e. The number of carbonyl (C=O) groups excluding carboxylic acids is 1. The predicted octanol–water partition coefficient (Wildman–Crippen LogP) is 3.88. The first-order valence-corrected chi connectivity index (χ1v) is 11.9. The van der Waals surface area contributed by atoms with E-state index in [2.05, 4.69) is 5.32 Å². The quantitative estimate of drug-likeness (QED) is 0.781. The molecule has 1 heterocycles. The van der Waals surface area contributed by atoms with Gasteiger partial charge >= 0.3 is 0 Å². The smallest absolute Gasteiger partial charge is 0.244 e. The molecule has 2 atom stereocenters. The molecule has 0 bridgehead atoms. The Balaban J connectivity index is 1.90. The number of benzene rings is 2. The van der Waals surface area contributed by atoms with Gasteiger partial charge in [-0.3, -0.25) is 9.10 Å². The van der Waals surface area contributed by atoms with Crippen LogP contribution >= 0.6 is 0 Å². The van der Waals surface area contributed by atoms with Crippen LogP contribution in [0.25, 0.3) is 0 Å². The Morgan fingerprint density at radius 2 is 1.73 bits per heavy atom. The van der Waals surface area contributed by atoms with Gasteiger partial charge in [-0.05, 0) is 52.8 Å². The van der Waals surface area contributed by atoms with Crippen LogP contribution < -0.4 is 14.4 Å². The highest BCUT2D eigenvalue weighted by molar-refractivity contribution is 7.92. The summed E-state index contributed by atoms with van der Waals surface area (Å²) in [5.41, 5.74) is 3.02. The lowest BCUT2D eigenvalue weighted by atomic mass is 9.89. The van der Waals surface area contributed by atoms with Crippen LogP contribution in [0.4, 0.5) is 5.69 Å². The highest BCUT2D eigenvalue weighted by Gasteiger charge is 2.37. The van der Waals surface area contributed by atoms with Gasteiger partial charge in [-0.15, -0.1) is 0 Å². The molecule has 0 unspecified atom stereocenters. The standard InChI is InChI=1S/C23H30N2O4S/c1-15-7-10-18(11-8-15)25(30(6,27)28)17(3)22(26)24-20-14-23(4,5)29-21-12-9-16(2)13-19(20)21/h7-13,17,20H,14H2,1-6H3,(H,24,26)/t17-,20-/m1/s1. The van der Waals surface area contributed by atoms with E-state index in [0.29, 0.717) is 12.1 Å². The molecule has 0 aliphatic carbocycles. The lowest BCUT2D eigenvalue weighted by Crippen LogP contribution is -2.50. The third kappa shape index (κ3) is 4.78. The van der Waals surface area contributed by atoms with E-state index in [-0.39, 0.29) is 11.9 Å². The monoisotopic (exact) mass is 430 g/mol. The number of carbonyl (C=O) groups is 1. The average Bonchev–Trinajstić information content (AvgIpc) is 2.62. The van der Waals surface area contributed by atoms with Crippen LogP contribution in [-0.2, 0) is 14.8 Å². The number of ether oxygens (including phenoxy) is 1. The minimum atomic E-state index is -3.66. The SMILES string of the molecule is Cc1ccc(N([C@H](C)C(=O)N[C@@H]2CC(C)(C)Oc3ccc(C)cc32)S(C)(=O)=O)cc1. The molecule has 3 rings (SSSR count). The molecule has 162 valence electrons. The first-order valence-electron chi connectivity index (χ1n) is 10.0. The Labute approximate surface area is 179 Å². The molecule has 0 radical (unpaired) electrons. The summed E-state index contributed by atoms with van der Waals surface area (Å²) in [6.45, 7) is 9.49. The van der Waals surface area contributed by atoms with Crippen LogP contribution in [0.15, 0.2) is 42.5 Å². The number of fused-ring (bicyclic) bond motifs is 1. The number of anilines is 1. The Kier molecular flexibility index (Phi) is 5.87. The van der Waals surface area contributed by atoms with Gasteiger partial charge in [-0.1, -0.05) is 35.4 Å². The second-order valence-electron chi connectivity index (χ2n) is 8.74. The van der Waals surface area contributed by atoms with Crippen LogP contribution in [0.2, 0.25) is 0 Å². The molecule has 30 heavy (non-hydrogen) atoms. The summed E-state index contributed by atoms with van der Waals surface area (Å²) >= 11 is 0. The van der Waals surface area contributed by atoms with Crippen molar-refractivity contribution in [2.45, 2.75) is 58.7 Å². The highest BCUT2D eigenvalue weighted by Crippen LogP contribution is 2.40. The molecular weight excluding hydrogens is 400 g/mol. The maximum atomic E-state index is 13.2. The zero-order valence-corrected chi connectivity index (χ0v) is 19.2. The minimum absolute atomic E-state index is 0.266. The average molecular weight is 431 g/mol. The zero-order chi connectivity index (χ0) is 22.3. The molecule has 0 saturated carbocycles. The molecule has 1 amide bonds. The van der Waals surface area contributed by atoms with E-state index in [9.17, 15) is 13.2 Å². The van der Waals surface area contributed by atoms with Crippen LogP contribution in [0, 0.1) is 13.8 Å². The van der Waals surface area contributed by atoms with Gasteiger partial charge in [0.1, 0.15) is 17.4 Å². The Bertz CT molecular complexity index is 1050. The second-order valence-corrected chi connectivity index (χ2v) is 10.6. The second kappa shape index (κ2) is 7.95. The zero-order valence-electron chi connectivity index (χ0n) is 18.4. The van der Waals surface area contributed by atoms with Crippen LogP contribution in [0.5, 0.6) is 5.75 Å².